The maximum absolute atomic E-state index is 11.9. The van der Waals surface area contributed by atoms with Gasteiger partial charge in [0.1, 0.15) is 0 Å². The van der Waals surface area contributed by atoms with Crippen molar-refractivity contribution in [2.75, 3.05) is 26.3 Å². The number of hydrogen-bond acceptors (Lipinski definition) is 1. The smallest absolute Gasteiger partial charge is 0.0906 e. The molecule has 0 aromatic rings. The average Bonchev–Trinajstić information content (AvgIpc) is 2.07. The Morgan fingerprint density at radius 3 is 2.92 bits per heavy atom. The minimum Gasteiger partial charge on any atom is -0.303 e. The fourth-order valence-electron chi connectivity index (χ4n) is 1.69. The van der Waals surface area contributed by atoms with E-state index < -0.39 is 0 Å². The lowest BCUT2D eigenvalue weighted by Crippen LogP contribution is -2.40. The van der Waals surface area contributed by atoms with Crippen molar-refractivity contribution >= 4 is 15.9 Å². The number of piperidine rings is 1. The van der Waals surface area contributed by atoms with Gasteiger partial charge in [-0.25, -0.2) is 0 Å². The molecule has 0 aromatic heterocycles. The Balaban J connectivity index is 2.21. The Labute approximate surface area is 82.4 Å². The molecule has 1 aliphatic rings. The zero-order valence-corrected chi connectivity index (χ0v) is 9.19. The highest BCUT2D eigenvalue weighted by molar-refractivity contribution is 9.09. The van der Waals surface area contributed by atoms with Gasteiger partial charge in [0.15, 0.2) is 0 Å². The molecule has 3 heteroatoms. The predicted molar refractivity (Wildman–Crippen MR) is 53.5 cm³/mol. The van der Waals surface area contributed by atoms with Crippen LogP contribution in [0.5, 0.6) is 0 Å². The van der Waals surface area contributed by atoms with Gasteiger partial charge in [-0.05, 0) is 25.3 Å². The third-order valence-corrected chi connectivity index (χ3v) is 3.85. The Hall–Kier alpha value is 0.370. The van der Waals surface area contributed by atoms with Gasteiger partial charge in [-0.3, -0.25) is 4.39 Å². The minimum absolute atomic E-state index is 0.178. The molecule has 0 aromatic carbocycles. The molecule has 12 heavy (non-hydrogen) atoms. The van der Waals surface area contributed by atoms with Crippen LogP contribution in [0, 0.1) is 5.92 Å². The molecule has 1 nitrogen and oxygen atoms in total. The van der Waals surface area contributed by atoms with Crippen LogP contribution in [0.15, 0.2) is 0 Å². The predicted octanol–water partition coefficient (Wildman–Crippen LogP) is 2.45. The molecule has 0 amide bonds. The van der Waals surface area contributed by atoms with Crippen molar-refractivity contribution in [3.05, 3.63) is 0 Å². The van der Waals surface area contributed by atoms with Crippen LogP contribution in [0.3, 0.4) is 0 Å². The van der Waals surface area contributed by atoms with E-state index in [-0.39, 0.29) is 6.67 Å². The summed E-state index contributed by atoms with van der Waals surface area (Å²) < 4.78 is 11.9. The number of nitrogens with zero attached hydrogens (tertiary/aromatic N) is 1. The summed E-state index contributed by atoms with van der Waals surface area (Å²) in [6.45, 7) is 5.25. The molecule has 1 aliphatic heterocycles. The van der Waals surface area contributed by atoms with Crippen LogP contribution in [0.1, 0.15) is 19.8 Å². The van der Waals surface area contributed by atoms with Crippen LogP contribution in [-0.4, -0.2) is 36.0 Å². The van der Waals surface area contributed by atoms with Gasteiger partial charge in [-0.1, -0.05) is 22.9 Å². The van der Waals surface area contributed by atoms with Gasteiger partial charge in [-0.2, -0.15) is 0 Å². The molecule has 72 valence electrons. The second-order valence-corrected chi connectivity index (χ2v) is 4.80. The first kappa shape index (κ1) is 10.5. The summed E-state index contributed by atoms with van der Waals surface area (Å²) in [7, 11) is 0. The van der Waals surface area contributed by atoms with E-state index >= 15 is 0 Å². The normalized spacial score (nSPS) is 32.2. The largest absolute Gasteiger partial charge is 0.303 e. The van der Waals surface area contributed by atoms with Gasteiger partial charge in [-0.15, -0.1) is 0 Å². The number of rotatable bonds is 3. The highest BCUT2D eigenvalue weighted by Crippen LogP contribution is 2.23. The van der Waals surface area contributed by atoms with Crippen LogP contribution in [0.2, 0.25) is 0 Å². The molecule has 1 saturated heterocycles. The maximum Gasteiger partial charge on any atom is 0.0906 e. The van der Waals surface area contributed by atoms with Crippen LogP contribution < -0.4 is 0 Å². The summed E-state index contributed by atoms with van der Waals surface area (Å²) in [5.41, 5.74) is 0. The molecule has 0 bridgehead atoms. The van der Waals surface area contributed by atoms with Gasteiger partial charge in [0.05, 0.1) is 6.67 Å². The molecule has 1 rings (SSSR count). The van der Waals surface area contributed by atoms with E-state index in [1.807, 2.05) is 0 Å². The molecule has 0 N–H and O–H groups in total. The van der Waals surface area contributed by atoms with Crippen LogP contribution in [0.25, 0.3) is 0 Å². The topological polar surface area (TPSA) is 3.24 Å². The summed E-state index contributed by atoms with van der Waals surface area (Å²) in [5.74, 6) is 0.707. The summed E-state index contributed by atoms with van der Waals surface area (Å²) in [6, 6.07) is 0. The lowest BCUT2D eigenvalue weighted by atomic mass is 10.00. The standard InChI is InChI=1S/C9H17BrFN/c1-8-7-12(5-2-4-11)6-3-9(8)10/h8-9H,2-7H2,1H3. The third-order valence-electron chi connectivity index (χ3n) is 2.49. The quantitative estimate of drug-likeness (QED) is 0.682. The van der Waals surface area contributed by atoms with Crippen molar-refractivity contribution in [1.82, 2.24) is 4.90 Å². The highest BCUT2D eigenvalue weighted by Gasteiger charge is 2.22. The average molecular weight is 238 g/mol. The van der Waals surface area contributed by atoms with Crippen molar-refractivity contribution < 1.29 is 4.39 Å². The first-order valence-corrected chi connectivity index (χ1v) is 5.58. The van der Waals surface area contributed by atoms with Gasteiger partial charge < -0.3 is 4.90 Å². The van der Waals surface area contributed by atoms with Gasteiger partial charge in [0, 0.05) is 17.9 Å². The Bertz CT molecular complexity index is 130. The van der Waals surface area contributed by atoms with E-state index in [2.05, 4.69) is 27.8 Å². The number of hydrogen-bond donors (Lipinski definition) is 0. The molecular formula is C9H17BrFN. The van der Waals surface area contributed by atoms with Gasteiger partial charge in [0.2, 0.25) is 0 Å². The molecule has 0 radical (unpaired) electrons. The molecule has 0 aliphatic carbocycles. The Morgan fingerprint density at radius 2 is 2.33 bits per heavy atom. The van der Waals surface area contributed by atoms with E-state index in [1.54, 1.807) is 0 Å². The molecule has 1 fully saturated rings. The maximum atomic E-state index is 11.9. The molecule has 1 heterocycles. The fourth-order valence-corrected chi connectivity index (χ4v) is 2.06. The molecule has 2 atom stereocenters. The highest BCUT2D eigenvalue weighted by atomic mass is 79.9. The van der Waals surface area contributed by atoms with Crippen molar-refractivity contribution in [3.8, 4) is 0 Å². The van der Waals surface area contributed by atoms with Crippen molar-refractivity contribution in [2.24, 2.45) is 5.92 Å². The zero-order valence-electron chi connectivity index (χ0n) is 7.60. The first-order valence-electron chi connectivity index (χ1n) is 4.66. The molecular weight excluding hydrogens is 221 g/mol. The molecule has 2 unspecified atom stereocenters. The summed E-state index contributed by atoms with van der Waals surface area (Å²) in [6.07, 6.45) is 1.90. The SMILES string of the molecule is CC1CN(CCCF)CCC1Br. The fraction of sp³-hybridized carbons (Fsp3) is 1.00. The summed E-state index contributed by atoms with van der Waals surface area (Å²) >= 11 is 3.65. The molecule has 0 spiro atoms. The number of alkyl halides is 2. The number of halogens is 2. The summed E-state index contributed by atoms with van der Waals surface area (Å²) in [4.78, 5) is 3.03. The van der Waals surface area contributed by atoms with E-state index in [9.17, 15) is 4.39 Å². The van der Waals surface area contributed by atoms with E-state index in [4.69, 9.17) is 0 Å². The monoisotopic (exact) mass is 237 g/mol. The van der Waals surface area contributed by atoms with Crippen molar-refractivity contribution in [2.45, 2.75) is 24.6 Å². The molecule has 0 saturated carbocycles. The summed E-state index contributed by atoms with van der Waals surface area (Å²) in [5, 5.41) is 0. The third kappa shape index (κ3) is 3.02. The van der Waals surface area contributed by atoms with Crippen molar-refractivity contribution in [1.29, 1.82) is 0 Å². The Kier molecular flexibility index (Phi) is 4.51. The van der Waals surface area contributed by atoms with Gasteiger partial charge >= 0.3 is 0 Å². The van der Waals surface area contributed by atoms with Gasteiger partial charge in [0.25, 0.3) is 0 Å². The Morgan fingerprint density at radius 1 is 1.58 bits per heavy atom. The van der Waals surface area contributed by atoms with Crippen molar-refractivity contribution in [3.63, 3.8) is 0 Å². The van der Waals surface area contributed by atoms with E-state index in [0.717, 1.165) is 19.6 Å². The minimum atomic E-state index is -0.178. The van der Waals surface area contributed by atoms with Crippen LogP contribution in [-0.2, 0) is 0 Å². The zero-order chi connectivity index (χ0) is 8.97. The van der Waals surface area contributed by atoms with Crippen LogP contribution >= 0.6 is 15.9 Å². The van der Waals surface area contributed by atoms with E-state index in [1.165, 1.54) is 6.42 Å². The second kappa shape index (κ2) is 5.18. The first-order chi connectivity index (χ1) is 5.74. The lowest BCUT2D eigenvalue weighted by Gasteiger charge is -2.34. The van der Waals surface area contributed by atoms with Crippen LogP contribution in [0.4, 0.5) is 4.39 Å². The number of likely N-dealkylation sites (tertiary alicyclic amines) is 1. The lowest BCUT2D eigenvalue weighted by molar-refractivity contribution is 0.184. The second-order valence-electron chi connectivity index (χ2n) is 3.63. The van der Waals surface area contributed by atoms with E-state index in [0.29, 0.717) is 17.2 Å².